The van der Waals surface area contributed by atoms with E-state index in [4.69, 9.17) is 16.2 Å². The van der Waals surface area contributed by atoms with Crippen LogP contribution in [-0.2, 0) is 5.41 Å². The van der Waals surface area contributed by atoms with Crippen LogP contribution in [0.25, 0.3) is 0 Å². The van der Waals surface area contributed by atoms with E-state index in [0.29, 0.717) is 5.69 Å². The molecule has 0 saturated carbocycles. The maximum Gasteiger partial charge on any atom is 0.145 e. The summed E-state index contributed by atoms with van der Waals surface area (Å²) in [7, 11) is 1.64. The molecule has 1 aromatic carbocycles. The summed E-state index contributed by atoms with van der Waals surface area (Å²) in [6, 6.07) is 1.95. The zero-order valence-corrected chi connectivity index (χ0v) is 10.1. The molecule has 0 bridgehead atoms. The highest BCUT2D eigenvalue weighted by Crippen LogP contribution is 2.39. The minimum atomic E-state index is -0.0265. The van der Waals surface area contributed by atoms with Crippen LogP contribution in [0.1, 0.15) is 31.9 Å². The molecule has 0 aliphatic heterocycles. The number of hydrogen-bond donors (Lipinski definition) is 2. The Morgan fingerprint density at radius 1 is 1.20 bits per heavy atom. The van der Waals surface area contributed by atoms with Crippen LogP contribution in [-0.4, -0.2) is 7.11 Å². The molecule has 3 nitrogen and oxygen atoms in total. The van der Waals surface area contributed by atoms with Crippen molar-refractivity contribution in [2.24, 2.45) is 0 Å². The van der Waals surface area contributed by atoms with Crippen LogP contribution in [0.5, 0.6) is 5.75 Å². The number of rotatable bonds is 1. The lowest BCUT2D eigenvalue weighted by Gasteiger charge is -2.24. The topological polar surface area (TPSA) is 61.3 Å². The van der Waals surface area contributed by atoms with Gasteiger partial charge in [0.1, 0.15) is 5.75 Å². The third-order valence-electron chi connectivity index (χ3n) is 2.64. The third-order valence-corrected chi connectivity index (χ3v) is 2.64. The lowest BCUT2D eigenvalue weighted by Crippen LogP contribution is -2.15. The van der Waals surface area contributed by atoms with Gasteiger partial charge in [-0.1, -0.05) is 20.8 Å². The van der Waals surface area contributed by atoms with Crippen molar-refractivity contribution in [3.8, 4) is 5.75 Å². The molecule has 0 atom stereocenters. The van der Waals surface area contributed by atoms with E-state index in [1.807, 2.05) is 13.0 Å². The molecule has 0 radical (unpaired) electrons. The summed E-state index contributed by atoms with van der Waals surface area (Å²) in [6.45, 7) is 8.23. The van der Waals surface area contributed by atoms with Gasteiger partial charge in [0.2, 0.25) is 0 Å². The van der Waals surface area contributed by atoms with Gasteiger partial charge in [0.05, 0.1) is 12.8 Å². The second kappa shape index (κ2) is 3.65. The van der Waals surface area contributed by atoms with E-state index in [1.54, 1.807) is 7.11 Å². The highest BCUT2D eigenvalue weighted by molar-refractivity contribution is 5.72. The summed E-state index contributed by atoms with van der Waals surface area (Å²) in [6.07, 6.45) is 0. The molecule has 0 fully saturated rings. The van der Waals surface area contributed by atoms with Gasteiger partial charge in [-0.25, -0.2) is 0 Å². The average molecular weight is 208 g/mol. The fourth-order valence-corrected chi connectivity index (χ4v) is 1.58. The molecule has 0 saturated heterocycles. The van der Waals surface area contributed by atoms with Crippen LogP contribution in [0.2, 0.25) is 0 Å². The van der Waals surface area contributed by atoms with Gasteiger partial charge in [-0.2, -0.15) is 0 Å². The Morgan fingerprint density at radius 3 is 2.13 bits per heavy atom. The molecule has 1 aromatic rings. The molecule has 3 heteroatoms. The number of nitrogens with two attached hydrogens (primary N) is 2. The SMILES string of the molecule is COc1c(C(C)(C)C)cc(N)c(C)c1N. The Balaban J connectivity index is 3.53. The van der Waals surface area contributed by atoms with E-state index in [9.17, 15) is 0 Å². The maximum atomic E-state index is 5.99. The lowest BCUT2D eigenvalue weighted by molar-refractivity contribution is 0.399. The first-order valence-corrected chi connectivity index (χ1v) is 5.02. The van der Waals surface area contributed by atoms with E-state index in [1.165, 1.54) is 0 Å². The van der Waals surface area contributed by atoms with Gasteiger partial charge >= 0.3 is 0 Å². The van der Waals surface area contributed by atoms with Crippen molar-refractivity contribution >= 4 is 11.4 Å². The van der Waals surface area contributed by atoms with Gasteiger partial charge < -0.3 is 16.2 Å². The van der Waals surface area contributed by atoms with Crippen LogP contribution < -0.4 is 16.2 Å². The zero-order chi connectivity index (χ0) is 11.8. The van der Waals surface area contributed by atoms with Gasteiger partial charge in [-0.05, 0) is 24.0 Å². The fraction of sp³-hybridized carbons (Fsp3) is 0.500. The maximum absolute atomic E-state index is 5.99. The summed E-state index contributed by atoms with van der Waals surface area (Å²) in [4.78, 5) is 0. The predicted molar refractivity (Wildman–Crippen MR) is 65.3 cm³/mol. The van der Waals surface area contributed by atoms with Crippen LogP contribution in [0.4, 0.5) is 11.4 Å². The molecule has 15 heavy (non-hydrogen) atoms. The second-order valence-electron chi connectivity index (χ2n) is 4.84. The Bertz CT molecular complexity index is 378. The molecular weight excluding hydrogens is 188 g/mol. The third kappa shape index (κ3) is 2.01. The quantitative estimate of drug-likeness (QED) is 0.697. The van der Waals surface area contributed by atoms with E-state index in [-0.39, 0.29) is 5.41 Å². The first-order chi connectivity index (χ1) is 6.79. The average Bonchev–Trinajstić information content (AvgIpc) is 2.12. The molecule has 0 spiro atoms. The zero-order valence-electron chi connectivity index (χ0n) is 10.1. The molecule has 0 amide bonds. The normalized spacial score (nSPS) is 11.5. The number of methoxy groups -OCH3 is 1. The summed E-state index contributed by atoms with van der Waals surface area (Å²) in [5.74, 6) is 0.745. The van der Waals surface area contributed by atoms with Gasteiger partial charge in [0.15, 0.2) is 0 Å². The smallest absolute Gasteiger partial charge is 0.145 e. The van der Waals surface area contributed by atoms with Crippen molar-refractivity contribution in [1.82, 2.24) is 0 Å². The Labute approximate surface area is 91.4 Å². The molecule has 0 heterocycles. The van der Waals surface area contributed by atoms with Crippen molar-refractivity contribution < 1.29 is 4.74 Å². The van der Waals surface area contributed by atoms with E-state index >= 15 is 0 Å². The highest BCUT2D eigenvalue weighted by atomic mass is 16.5. The molecule has 0 aliphatic rings. The van der Waals surface area contributed by atoms with Crippen molar-refractivity contribution in [2.75, 3.05) is 18.6 Å². The summed E-state index contributed by atoms with van der Waals surface area (Å²) < 4.78 is 5.36. The van der Waals surface area contributed by atoms with Crippen molar-refractivity contribution in [3.63, 3.8) is 0 Å². The molecule has 4 N–H and O–H groups in total. The molecular formula is C12H20N2O. The summed E-state index contributed by atoms with van der Waals surface area (Å²) in [5.41, 5.74) is 15.2. The highest BCUT2D eigenvalue weighted by Gasteiger charge is 2.22. The van der Waals surface area contributed by atoms with Gasteiger partial charge in [-0.15, -0.1) is 0 Å². The number of nitrogen functional groups attached to an aromatic ring is 2. The van der Waals surface area contributed by atoms with Crippen molar-refractivity contribution in [3.05, 3.63) is 17.2 Å². The fourth-order valence-electron chi connectivity index (χ4n) is 1.58. The second-order valence-corrected chi connectivity index (χ2v) is 4.84. The molecule has 84 valence electrons. The predicted octanol–water partition coefficient (Wildman–Crippen LogP) is 2.47. The number of anilines is 2. The number of hydrogen-bond acceptors (Lipinski definition) is 3. The minimum absolute atomic E-state index is 0.0265. The van der Waals surface area contributed by atoms with Crippen molar-refractivity contribution in [2.45, 2.75) is 33.1 Å². The van der Waals surface area contributed by atoms with Crippen LogP contribution >= 0.6 is 0 Å². The number of benzene rings is 1. The van der Waals surface area contributed by atoms with E-state index in [2.05, 4.69) is 20.8 Å². The largest absolute Gasteiger partial charge is 0.494 e. The first-order valence-electron chi connectivity index (χ1n) is 5.02. The first kappa shape index (κ1) is 11.7. The Morgan fingerprint density at radius 2 is 1.73 bits per heavy atom. The Kier molecular flexibility index (Phi) is 2.84. The van der Waals surface area contributed by atoms with Gasteiger partial charge in [0, 0.05) is 11.3 Å². The summed E-state index contributed by atoms with van der Waals surface area (Å²) >= 11 is 0. The monoisotopic (exact) mass is 208 g/mol. The minimum Gasteiger partial charge on any atom is -0.494 e. The van der Waals surface area contributed by atoms with Gasteiger partial charge in [-0.3, -0.25) is 0 Å². The number of ether oxygens (including phenoxy) is 1. The molecule has 1 rings (SSSR count). The van der Waals surface area contributed by atoms with E-state index in [0.717, 1.165) is 22.6 Å². The van der Waals surface area contributed by atoms with Crippen LogP contribution in [0, 0.1) is 6.92 Å². The van der Waals surface area contributed by atoms with Crippen LogP contribution in [0.3, 0.4) is 0 Å². The molecule has 0 unspecified atom stereocenters. The standard InChI is InChI=1S/C12H20N2O/c1-7-9(13)6-8(12(2,3)4)11(15-5)10(7)14/h6H,13-14H2,1-5H3. The van der Waals surface area contributed by atoms with Crippen LogP contribution in [0.15, 0.2) is 6.07 Å². The lowest BCUT2D eigenvalue weighted by atomic mass is 9.84. The van der Waals surface area contributed by atoms with Gasteiger partial charge in [0.25, 0.3) is 0 Å². The summed E-state index contributed by atoms with van der Waals surface area (Å²) in [5, 5.41) is 0. The Hall–Kier alpha value is -1.38. The molecule has 0 aromatic heterocycles. The molecule has 0 aliphatic carbocycles. The van der Waals surface area contributed by atoms with E-state index < -0.39 is 0 Å². The van der Waals surface area contributed by atoms with Crippen molar-refractivity contribution in [1.29, 1.82) is 0 Å².